The molecular weight excluding hydrogens is 559 g/mol. The molecule has 0 atom stereocenters. The van der Waals surface area contributed by atoms with Crippen molar-refractivity contribution in [1.82, 2.24) is 19.3 Å². The van der Waals surface area contributed by atoms with Gasteiger partial charge in [-0.15, -0.1) is 0 Å². The first-order valence-corrected chi connectivity index (χ1v) is 14.7. The lowest BCUT2D eigenvalue weighted by Crippen LogP contribution is -2.06. The zero-order chi connectivity index (χ0) is 29.4. The van der Waals surface area contributed by atoms with Crippen LogP contribution < -0.4 is 4.72 Å². The highest BCUT2D eigenvalue weighted by Gasteiger charge is 2.31. The zero-order valence-electron chi connectivity index (χ0n) is 23.5. The molecule has 0 amide bonds. The van der Waals surface area contributed by atoms with Gasteiger partial charge in [0.05, 0.1) is 39.2 Å². The molecule has 0 aliphatic rings. The second-order valence-electron chi connectivity index (χ2n) is 10.3. The van der Waals surface area contributed by atoms with Gasteiger partial charge in [0.25, 0.3) is 0 Å². The van der Waals surface area contributed by atoms with E-state index in [1.807, 2.05) is 44.2 Å². The number of nitrogens with zero attached hydrogens (tertiary/aromatic N) is 4. The van der Waals surface area contributed by atoms with E-state index in [2.05, 4.69) is 55.3 Å². The summed E-state index contributed by atoms with van der Waals surface area (Å²) in [5.74, 6) is 2.25. The highest BCUT2D eigenvalue weighted by molar-refractivity contribution is 8.00. The Bertz CT molecular complexity index is 1880. The summed E-state index contributed by atoms with van der Waals surface area (Å²) in [5, 5.41) is 5.19. The van der Waals surface area contributed by atoms with Gasteiger partial charge in [0.2, 0.25) is 0 Å². The standard InChI is InChI=1S/C32H30F3N5OS/c1-4-5-14-30-36-25-17-23(32(33,34)35)15-16-27(25)40(30)19-22-18-39(26-11-7-6-10-24(22)26)28-12-8-9-13-29(28)42-38-31-20(2)21(3)41-37-31/h6-13,15-18H,4-5,14,19H2,1-3H3,(H,37,38). The molecule has 6 nitrogen and oxygen atoms in total. The fourth-order valence-corrected chi connectivity index (χ4v) is 5.98. The number of aryl methyl sites for hydroxylation is 2. The van der Waals surface area contributed by atoms with E-state index in [0.717, 1.165) is 69.2 Å². The van der Waals surface area contributed by atoms with Crippen LogP contribution in [0.5, 0.6) is 0 Å². The quantitative estimate of drug-likeness (QED) is 0.171. The minimum Gasteiger partial charge on any atom is -0.359 e. The number of benzene rings is 3. The van der Waals surface area contributed by atoms with Gasteiger partial charge in [-0.2, -0.15) is 13.2 Å². The third kappa shape index (κ3) is 5.27. The molecular formula is C32H30F3N5OS. The first-order chi connectivity index (χ1) is 20.2. The smallest absolute Gasteiger partial charge is 0.359 e. The largest absolute Gasteiger partial charge is 0.416 e. The van der Waals surface area contributed by atoms with E-state index >= 15 is 0 Å². The molecule has 6 aromatic rings. The molecule has 0 saturated heterocycles. The lowest BCUT2D eigenvalue weighted by atomic mass is 10.1. The predicted octanol–water partition coefficient (Wildman–Crippen LogP) is 9.11. The molecule has 1 N–H and O–H groups in total. The molecule has 0 fully saturated rings. The highest BCUT2D eigenvalue weighted by atomic mass is 32.2. The molecule has 216 valence electrons. The number of hydrogen-bond donors (Lipinski definition) is 1. The Hall–Kier alpha value is -4.18. The van der Waals surface area contributed by atoms with Gasteiger partial charge >= 0.3 is 6.18 Å². The Morgan fingerprint density at radius 3 is 2.52 bits per heavy atom. The summed E-state index contributed by atoms with van der Waals surface area (Å²) in [5.41, 5.74) is 4.42. The second kappa shape index (κ2) is 11.2. The summed E-state index contributed by atoms with van der Waals surface area (Å²) in [6.07, 6.45) is 0.262. The Kier molecular flexibility index (Phi) is 7.49. The van der Waals surface area contributed by atoms with Crippen molar-refractivity contribution in [2.45, 2.75) is 57.7 Å². The van der Waals surface area contributed by atoms with Crippen LogP contribution >= 0.6 is 11.9 Å². The average Bonchev–Trinajstić information content (AvgIpc) is 3.63. The molecule has 3 aromatic heterocycles. The third-order valence-corrected chi connectivity index (χ3v) is 8.43. The number of alkyl halides is 3. The lowest BCUT2D eigenvalue weighted by Gasteiger charge is -2.12. The number of halogens is 3. The molecule has 0 spiro atoms. The van der Waals surface area contributed by atoms with Gasteiger partial charge in [-0.25, -0.2) is 4.98 Å². The number of unbranched alkanes of at least 4 members (excludes halogenated alkanes) is 1. The van der Waals surface area contributed by atoms with E-state index < -0.39 is 11.7 Å². The first kappa shape index (κ1) is 28.0. The maximum Gasteiger partial charge on any atom is 0.416 e. The molecule has 0 aliphatic carbocycles. The van der Waals surface area contributed by atoms with Gasteiger partial charge in [0.1, 0.15) is 11.6 Å². The number of aromatic nitrogens is 4. The molecule has 3 aromatic carbocycles. The van der Waals surface area contributed by atoms with Crippen LogP contribution in [0.3, 0.4) is 0 Å². The third-order valence-electron chi connectivity index (χ3n) is 7.57. The monoisotopic (exact) mass is 589 g/mol. The van der Waals surface area contributed by atoms with Crippen molar-refractivity contribution in [3.8, 4) is 5.69 Å². The first-order valence-electron chi connectivity index (χ1n) is 13.8. The molecule has 42 heavy (non-hydrogen) atoms. The summed E-state index contributed by atoms with van der Waals surface area (Å²) in [6, 6.07) is 20.1. The number of imidazole rings is 1. The normalized spacial score (nSPS) is 12.0. The summed E-state index contributed by atoms with van der Waals surface area (Å²) >= 11 is 1.46. The lowest BCUT2D eigenvalue weighted by molar-refractivity contribution is -0.137. The van der Waals surface area contributed by atoms with Crippen molar-refractivity contribution in [1.29, 1.82) is 0 Å². The predicted molar refractivity (Wildman–Crippen MR) is 161 cm³/mol. The van der Waals surface area contributed by atoms with Gasteiger partial charge in [0.15, 0.2) is 5.82 Å². The zero-order valence-corrected chi connectivity index (χ0v) is 24.3. The molecule has 0 unspecified atom stereocenters. The van der Waals surface area contributed by atoms with Crippen molar-refractivity contribution in [3.63, 3.8) is 0 Å². The number of anilines is 1. The van der Waals surface area contributed by atoms with E-state index in [1.165, 1.54) is 11.9 Å². The Balaban J connectivity index is 1.41. The van der Waals surface area contributed by atoms with Crippen LogP contribution in [0.25, 0.3) is 27.6 Å². The van der Waals surface area contributed by atoms with E-state index in [0.29, 0.717) is 29.8 Å². The van der Waals surface area contributed by atoms with Crippen molar-refractivity contribution in [3.05, 3.63) is 101 Å². The van der Waals surface area contributed by atoms with Gasteiger partial charge in [-0.3, -0.25) is 0 Å². The van der Waals surface area contributed by atoms with Crippen LogP contribution in [0, 0.1) is 13.8 Å². The summed E-state index contributed by atoms with van der Waals surface area (Å²) in [6.45, 7) is 6.42. The molecule has 0 aliphatic heterocycles. The number of nitrogens with one attached hydrogen (secondary N) is 1. The summed E-state index contributed by atoms with van der Waals surface area (Å²) < 4.78 is 53.2. The second-order valence-corrected chi connectivity index (χ2v) is 11.2. The maximum atomic E-state index is 13.5. The van der Waals surface area contributed by atoms with Crippen molar-refractivity contribution < 1.29 is 17.7 Å². The molecule has 3 heterocycles. The number of rotatable bonds is 9. The molecule has 0 radical (unpaired) electrons. The Morgan fingerprint density at radius 2 is 1.76 bits per heavy atom. The molecule has 6 rings (SSSR count). The molecule has 0 bridgehead atoms. The SMILES string of the molecule is CCCCc1nc2cc(C(F)(F)F)ccc2n1Cc1cn(-c2ccccc2SNc2noc(C)c2C)c2ccccc12. The van der Waals surface area contributed by atoms with Gasteiger partial charge in [-0.1, -0.05) is 48.8 Å². The van der Waals surface area contributed by atoms with Crippen LogP contribution in [0.2, 0.25) is 0 Å². The topological polar surface area (TPSA) is 60.8 Å². The maximum absolute atomic E-state index is 13.5. The van der Waals surface area contributed by atoms with E-state index in [4.69, 9.17) is 4.52 Å². The van der Waals surface area contributed by atoms with Crippen LogP contribution in [0.1, 0.15) is 48.0 Å². The fourth-order valence-electron chi connectivity index (χ4n) is 5.16. The van der Waals surface area contributed by atoms with Gasteiger partial charge in [-0.05, 0) is 74.2 Å². The highest BCUT2D eigenvalue weighted by Crippen LogP contribution is 2.35. The van der Waals surface area contributed by atoms with Crippen molar-refractivity contribution in [2.75, 3.05) is 4.72 Å². The van der Waals surface area contributed by atoms with Gasteiger partial charge < -0.3 is 18.4 Å². The van der Waals surface area contributed by atoms with Crippen molar-refractivity contribution in [2.24, 2.45) is 0 Å². The molecule has 0 saturated carbocycles. The van der Waals surface area contributed by atoms with E-state index in [9.17, 15) is 13.2 Å². The Morgan fingerprint density at radius 1 is 0.976 bits per heavy atom. The average molecular weight is 590 g/mol. The van der Waals surface area contributed by atoms with Crippen molar-refractivity contribution >= 4 is 39.7 Å². The van der Waals surface area contributed by atoms with Crippen LogP contribution in [-0.2, 0) is 19.1 Å². The summed E-state index contributed by atoms with van der Waals surface area (Å²) in [4.78, 5) is 5.67. The number of para-hydroxylation sites is 2. The summed E-state index contributed by atoms with van der Waals surface area (Å²) in [7, 11) is 0. The number of hydrogen-bond acceptors (Lipinski definition) is 5. The molecule has 10 heteroatoms. The van der Waals surface area contributed by atoms with Gasteiger partial charge in [0, 0.05) is 23.6 Å². The minimum absolute atomic E-state index is 0.367. The Labute approximate surface area is 245 Å². The minimum atomic E-state index is -4.42. The number of fused-ring (bicyclic) bond motifs is 2. The van der Waals surface area contributed by atoms with Crippen LogP contribution in [0.4, 0.5) is 19.0 Å². The van der Waals surface area contributed by atoms with Crippen LogP contribution in [0.15, 0.2) is 82.3 Å². The van der Waals surface area contributed by atoms with E-state index in [1.54, 1.807) is 6.07 Å². The van der Waals surface area contributed by atoms with E-state index in [-0.39, 0.29) is 0 Å². The van der Waals surface area contributed by atoms with Crippen LogP contribution in [-0.4, -0.2) is 19.3 Å². The fraction of sp³-hybridized carbons (Fsp3) is 0.250.